The number of fused-ring (bicyclic) bond motifs is 3. The summed E-state index contributed by atoms with van der Waals surface area (Å²) in [6.07, 6.45) is 11.5. The highest BCUT2D eigenvalue weighted by atomic mass is 16.7. The fourth-order valence-electron chi connectivity index (χ4n) is 4.62. The Morgan fingerprint density at radius 1 is 1.15 bits per heavy atom. The molecule has 188 valence electrons. The normalized spacial score (nSPS) is 37.1. The summed E-state index contributed by atoms with van der Waals surface area (Å²) < 4.78 is 28.1. The van der Waals surface area contributed by atoms with E-state index in [1.54, 1.807) is 12.2 Å². The molecule has 2 fully saturated rings. The number of hydrogen-bond donors (Lipinski definition) is 2. The Morgan fingerprint density at radius 3 is 2.79 bits per heavy atom. The summed E-state index contributed by atoms with van der Waals surface area (Å²) in [7, 11) is 0. The summed E-state index contributed by atoms with van der Waals surface area (Å²) in [6.45, 7) is 5.11. The van der Waals surface area contributed by atoms with Gasteiger partial charge in [-0.15, -0.1) is 0 Å². The lowest BCUT2D eigenvalue weighted by Crippen LogP contribution is -2.32. The topological polar surface area (TPSA) is 107 Å². The maximum absolute atomic E-state index is 12.5. The average Bonchev–Trinajstić information content (AvgIpc) is 3.38. The highest BCUT2D eigenvalue weighted by Crippen LogP contribution is 2.34. The van der Waals surface area contributed by atoms with E-state index in [1.807, 2.05) is 6.08 Å². The largest absolute Gasteiger partial charge is 0.456 e. The molecule has 0 saturated carbocycles. The van der Waals surface area contributed by atoms with Crippen LogP contribution in [0.2, 0.25) is 0 Å². The van der Waals surface area contributed by atoms with E-state index in [2.05, 4.69) is 12.7 Å². The number of epoxide rings is 1. The van der Waals surface area contributed by atoms with E-state index >= 15 is 0 Å². The van der Waals surface area contributed by atoms with Gasteiger partial charge in [0.05, 0.1) is 37.6 Å². The number of carbonyl (C=O) groups excluding carboxylic acids is 1. The van der Waals surface area contributed by atoms with Gasteiger partial charge < -0.3 is 33.9 Å². The van der Waals surface area contributed by atoms with Gasteiger partial charge in [0.25, 0.3) is 0 Å². The fourth-order valence-corrected chi connectivity index (χ4v) is 4.62. The number of cyclic esters (lactones) is 1. The molecule has 2 saturated heterocycles. The first-order valence-corrected chi connectivity index (χ1v) is 12.3. The second-order valence-corrected chi connectivity index (χ2v) is 9.35. The van der Waals surface area contributed by atoms with E-state index in [1.165, 1.54) is 12.2 Å². The zero-order valence-electron chi connectivity index (χ0n) is 19.5. The molecule has 2 N–H and O–H groups in total. The van der Waals surface area contributed by atoms with Crippen LogP contribution >= 0.6 is 0 Å². The van der Waals surface area contributed by atoms with E-state index in [9.17, 15) is 15.0 Å². The minimum atomic E-state index is -1.07. The van der Waals surface area contributed by atoms with E-state index in [0.717, 1.165) is 31.3 Å². The fraction of sp³-hybridized carbons (Fsp3) is 0.654. The maximum atomic E-state index is 12.5. The summed E-state index contributed by atoms with van der Waals surface area (Å²) in [4.78, 5) is 12.5. The number of hydrogen-bond acceptors (Lipinski definition) is 8. The molecule has 2 bridgehead atoms. The summed E-state index contributed by atoms with van der Waals surface area (Å²) in [5, 5.41) is 21.3. The highest BCUT2D eigenvalue weighted by Gasteiger charge is 2.46. The third-order valence-corrected chi connectivity index (χ3v) is 6.52. The van der Waals surface area contributed by atoms with Crippen LogP contribution in [0.25, 0.3) is 0 Å². The second kappa shape index (κ2) is 12.2. The first-order valence-electron chi connectivity index (χ1n) is 12.3. The summed E-state index contributed by atoms with van der Waals surface area (Å²) >= 11 is 0. The van der Waals surface area contributed by atoms with Crippen LogP contribution in [0.4, 0.5) is 0 Å². The molecule has 1 unspecified atom stereocenters. The molecule has 0 radical (unpaired) electrons. The van der Waals surface area contributed by atoms with E-state index in [4.69, 9.17) is 23.7 Å². The minimum Gasteiger partial charge on any atom is -0.456 e. The van der Waals surface area contributed by atoms with Crippen molar-refractivity contribution in [3.8, 4) is 0 Å². The van der Waals surface area contributed by atoms with Gasteiger partial charge in [-0.1, -0.05) is 36.5 Å². The maximum Gasteiger partial charge on any atom is 0.330 e. The van der Waals surface area contributed by atoms with Crippen molar-refractivity contribution < 1.29 is 38.7 Å². The molecule has 4 aliphatic rings. The predicted octanol–water partition coefficient (Wildman–Crippen LogP) is 2.50. The zero-order chi connectivity index (χ0) is 23.9. The average molecular weight is 477 g/mol. The Kier molecular flexibility index (Phi) is 9.10. The van der Waals surface area contributed by atoms with Gasteiger partial charge in [0.15, 0.2) is 6.29 Å². The van der Waals surface area contributed by atoms with E-state index < -0.39 is 30.6 Å². The third-order valence-electron chi connectivity index (χ3n) is 6.52. The number of ether oxygens (including phenoxy) is 5. The van der Waals surface area contributed by atoms with Gasteiger partial charge in [-0.05, 0) is 44.6 Å². The van der Waals surface area contributed by atoms with Crippen LogP contribution in [-0.4, -0.2) is 78.4 Å². The molecule has 0 amide bonds. The molecule has 4 aliphatic heterocycles. The summed E-state index contributed by atoms with van der Waals surface area (Å²) in [5.41, 5.74) is 0.983. The van der Waals surface area contributed by atoms with Crippen molar-refractivity contribution in [1.82, 2.24) is 0 Å². The first-order chi connectivity index (χ1) is 16.5. The molecule has 0 aromatic heterocycles. The van der Waals surface area contributed by atoms with Crippen molar-refractivity contribution in [1.29, 1.82) is 0 Å². The Labute approximate surface area is 200 Å². The Morgan fingerprint density at radius 2 is 1.97 bits per heavy atom. The monoisotopic (exact) mass is 476 g/mol. The van der Waals surface area contributed by atoms with Gasteiger partial charge in [-0.3, -0.25) is 0 Å². The van der Waals surface area contributed by atoms with Crippen molar-refractivity contribution in [2.45, 2.75) is 94.0 Å². The summed E-state index contributed by atoms with van der Waals surface area (Å²) in [5.74, 6) is -0.547. The second-order valence-electron chi connectivity index (χ2n) is 9.35. The number of aliphatic hydroxyl groups is 2. The molecule has 8 heteroatoms. The molecule has 0 aromatic rings. The van der Waals surface area contributed by atoms with Gasteiger partial charge in [-0.2, -0.15) is 0 Å². The standard InChI is InChI=1S/C26H36O8/c1-17-5-2-6-18-7-3-8-19(32-18)9-4-10-24(29)33-22(16-23-26(34-23)21(28)15-17)20(27)11-12-25-30-13-14-31-25/h3-4,8,10-12,18-23,25-28H,1-2,5-7,9,13-16H2/t18-,19+,20+,21+,22?,23+,26+/m1/s1. The number of aliphatic hydroxyl groups excluding tert-OH is 2. The Hall–Kier alpha value is -1.81. The lowest BCUT2D eigenvalue weighted by atomic mass is 9.97. The van der Waals surface area contributed by atoms with Crippen molar-refractivity contribution in [3.63, 3.8) is 0 Å². The molecule has 4 rings (SSSR count). The molecular weight excluding hydrogens is 440 g/mol. The van der Waals surface area contributed by atoms with Crippen LogP contribution < -0.4 is 0 Å². The Bertz CT molecular complexity index is 784. The molecule has 0 aliphatic carbocycles. The van der Waals surface area contributed by atoms with E-state index in [-0.39, 0.29) is 30.8 Å². The third kappa shape index (κ3) is 7.60. The molecular formula is C26H36O8. The van der Waals surface area contributed by atoms with Crippen molar-refractivity contribution in [2.75, 3.05) is 13.2 Å². The lowest BCUT2D eigenvalue weighted by Gasteiger charge is -2.25. The van der Waals surface area contributed by atoms with Crippen LogP contribution in [0.3, 0.4) is 0 Å². The van der Waals surface area contributed by atoms with Crippen molar-refractivity contribution in [2.24, 2.45) is 0 Å². The Balaban J connectivity index is 1.42. The van der Waals surface area contributed by atoms with Gasteiger partial charge in [0.2, 0.25) is 0 Å². The molecule has 34 heavy (non-hydrogen) atoms. The molecule has 4 heterocycles. The minimum absolute atomic E-state index is 0.0805. The van der Waals surface area contributed by atoms with Gasteiger partial charge in [0, 0.05) is 12.5 Å². The van der Waals surface area contributed by atoms with Crippen LogP contribution in [0.1, 0.15) is 44.9 Å². The zero-order valence-corrected chi connectivity index (χ0v) is 19.5. The van der Waals surface area contributed by atoms with Gasteiger partial charge in [-0.25, -0.2) is 4.79 Å². The van der Waals surface area contributed by atoms with Crippen LogP contribution in [-0.2, 0) is 28.5 Å². The number of carbonyl (C=O) groups is 1. The lowest BCUT2D eigenvalue weighted by molar-refractivity contribution is -0.148. The van der Waals surface area contributed by atoms with Crippen LogP contribution in [0.5, 0.6) is 0 Å². The number of rotatable bonds is 3. The van der Waals surface area contributed by atoms with Gasteiger partial charge in [0.1, 0.15) is 18.3 Å². The molecule has 8 nitrogen and oxygen atoms in total. The van der Waals surface area contributed by atoms with Crippen LogP contribution in [0, 0.1) is 0 Å². The van der Waals surface area contributed by atoms with Crippen LogP contribution in [0.15, 0.2) is 48.6 Å². The summed E-state index contributed by atoms with van der Waals surface area (Å²) in [6, 6.07) is 0. The molecule has 7 atom stereocenters. The van der Waals surface area contributed by atoms with Crippen molar-refractivity contribution >= 4 is 5.97 Å². The quantitative estimate of drug-likeness (QED) is 0.364. The predicted molar refractivity (Wildman–Crippen MR) is 124 cm³/mol. The smallest absolute Gasteiger partial charge is 0.330 e. The van der Waals surface area contributed by atoms with Crippen molar-refractivity contribution in [3.05, 3.63) is 48.6 Å². The number of esters is 1. The highest BCUT2D eigenvalue weighted by molar-refractivity contribution is 5.82. The van der Waals surface area contributed by atoms with E-state index in [0.29, 0.717) is 26.1 Å². The first kappa shape index (κ1) is 25.3. The SMILES string of the molecule is C=C1CCC[C@@H]2CC=C[C@@H](CC=CC(=O)OC([C@@H](O)C=CC3OCCO3)C[C@@H]3O[C@H]3[C@@H](O)C1)O2. The molecule has 0 aromatic carbocycles. The van der Waals surface area contributed by atoms with Gasteiger partial charge >= 0.3 is 5.97 Å². The molecule has 0 spiro atoms.